The molecule has 0 saturated heterocycles. The van der Waals surface area contributed by atoms with E-state index in [9.17, 15) is 5.11 Å². The lowest BCUT2D eigenvalue weighted by molar-refractivity contribution is 0.0549. The van der Waals surface area contributed by atoms with Gasteiger partial charge in [0, 0.05) is 5.56 Å². The van der Waals surface area contributed by atoms with Crippen LogP contribution >= 0.6 is 0 Å². The molecule has 1 N–H and O–H groups in total. The topological polar surface area (TPSA) is 33.4 Å². The highest BCUT2D eigenvalue weighted by Gasteiger charge is 2.27. The first-order valence-corrected chi connectivity index (χ1v) is 9.81. The highest BCUT2D eigenvalue weighted by Crippen LogP contribution is 2.43. The molecular formula is C25H24O2. The Bertz CT molecular complexity index is 1160. The van der Waals surface area contributed by atoms with Crippen molar-refractivity contribution in [2.45, 2.75) is 45.1 Å². The molecule has 27 heavy (non-hydrogen) atoms. The van der Waals surface area contributed by atoms with Crippen LogP contribution in [0.3, 0.4) is 0 Å². The van der Waals surface area contributed by atoms with Gasteiger partial charge in [-0.05, 0) is 89.9 Å². The minimum absolute atomic E-state index is 0.632. The van der Waals surface area contributed by atoms with Gasteiger partial charge in [0.1, 0.15) is 11.4 Å². The molecule has 2 nitrogen and oxygen atoms in total. The first-order chi connectivity index (χ1) is 13.0. The summed E-state index contributed by atoms with van der Waals surface area (Å²) in [6.07, 6.45) is 6.47. The van der Waals surface area contributed by atoms with E-state index in [0.29, 0.717) is 5.76 Å². The molecule has 0 fully saturated rings. The zero-order valence-electron chi connectivity index (χ0n) is 15.9. The molecule has 1 aliphatic rings. The van der Waals surface area contributed by atoms with Crippen molar-refractivity contribution in [2.75, 3.05) is 0 Å². The van der Waals surface area contributed by atoms with Crippen LogP contribution in [-0.4, -0.2) is 5.11 Å². The molecule has 0 amide bonds. The van der Waals surface area contributed by atoms with Gasteiger partial charge in [-0.2, -0.15) is 0 Å². The number of fused-ring (bicyclic) bond motifs is 5. The molecule has 1 aromatic heterocycles. The molecule has 0 unspecified atom stereocenters. The summed E-state index contributed by atoms with van der Waals surface area (Å²) < 4.78 is 5.74. The number of hydrogen-bond donors (Lipinski definition) is 1. The van der Waals surface area contributed by atoms with Crippen molar-refractivity contribution < 1.29 is 9.52 Å². The number of aliphatic hydroxyl groups is 1. The van der Waals surface area contributed by atoms with E-state index in [1.54, 1.807) is 20.1 Å². The molecule has 0 aliphatic heterocycles. The molecule has 1 aliphatic carbocycles. The Morgan fingerprint density at radius 3 is 2.56 bits per heavy atom. The van der Waals surface area contributed by atoms with Crippen molar-refractivity contribution in [1.82, 2.24) is 0 Å². The zero-order valence-corrected chi connectivity index (χ0v) is 15.9. The summed E-state index contributed by atoms with van der Waals surface area (Å²) in [5, 5.41) is 15.8. The molecule has 4 aromatic rings. The van der Waals surface area contributed by atoms with E-state index in [2.05, 4.69) is 42.5 Å². The summed E-state index contributed by atoms with van der Waals surface area (Å²) in [7, 11) is 0. The SMILES string of the molecule is CC(C)(O)c1occc1-c1cc2ccccc2c2ccc3c(c12)CCCC3. The molecule has 5 rings (SSSR count). The molecule has 0 bridgehead atoms. The van der Waals surface area contributed by atoms with Crippen LogP contribution in [0.2, 0.25) is 0 Å². The number of aryl methyl sites for hydroxylation is 2. The van der Waals surface area contributed by atoms with Gasteiger partial charge in [0.25, 0.3) is 0 Å². The Morgan fingerprint density at radius 2 is 1.70 bits per heavy atom. The van der Waals surface area contributed by atoms with Gasteiger partial charge in [-0.3, -0.25) is 0 Å². The maximum absolute atomic E-state index is 10.7. The maximum Gasteiger partial charge on any atom is 0.142 e. The van der Waals surface area contributed by atoms with E-state index < -0.39 is 5.60 Å². The van der Waals surface area contributed by atoms with E-state index in [4.69, 9.17) is 4.42 Å². The van der Waals surface area contributed by atoms with Gasteiger partial charge in [0.15, 0.2) is 0 Å². The van der Waals surface area contributed by atoms with E-state index in [0.717, 1.165) is 18.4 Å². The molecule has 0 spiro atoms. The lowest BCUT2D eigenvalue weighted by Gasteiger charge is -2.22. The molecule has 136 valence electrons. The first kappa shape index (κ1) is 16.6. The van der Waals surface area contributed by atoms with Crippen molar-refractivity contribution in [3.63, 3.8) is 0 Å². The van der Waals surface area contributed by atoms with Crippen LogP contribution in [-0.2, 0) is 18.4 Å². The predicted octanol–water partition coefficient (Wildman–Crippen LogP) is 6.36. The van der Waals surface area contributed by atoms with Gasteiger partial charge in [0.05, 0.1) is 6.26 Å². The average molecular weight is 356 g/mol. The van der Waals surface area contributed by atoms with Crippen LogP contribution in [0.15, 0.2) is 59.2 Å². The first-order valence-electron chi connectivity index (χ1n) is 9.81. The van der Waals surface area contributed by atoms with E-state index >= 15 is 0 Å². The van der Waals surface area contributed by atoms with Gasteiger partial charge in [-0.15, -0.1) is 0 Å². The van der Waals surface area contributed by atoms with Crippen LogP contribution < -0.4 is 0 Å². The second-order valence-corrected chi connectivity index (χ2v) is 8.20. The third kappa shape index (κ3) is 2.59. The summed E-state index contributed by atoms with van der Waals surface area (Å²) in [5.74, 6) is 0.632. The largest absolute Gasteiger partial charge is 0.466 e. The monoisotopic (exact) mass is 356 g/mol. The van der Waals surface area contributed by atoms with E-state index in [1.807, 2.05) is 6.07 Å². The summed E-state index contributed by atoms with van der Waals surface area (Å²) in [6, 6.07) is 17.5. The summed E-state index contributed by atoms with van der Waals surface area (Å²) in [4.78, 5) is 0. The standard InChI is InChI=1S/C25H24O2/c1-25(2,26)24-21(13-14-27-24)22-15-17-8-4-5-9-18(17)20-12-11-16-7-3-6-10-19(16)23(20)22/h4-5,8-9,11-15,26H,3,6-7,10H2,1-2H3. The van der Waals surface area contributed by atoms with Crippen molar-refractivity contribution in [1.29, 1.82) is 0 Å². The van der Waals surface area contributed by atoms with Crippen LogP contribution in [0.25, 0.3) is 32.7 Å². The van der Waals surface area contributed by atoms with Crippen molar-refractivity contribution >= 4 is 21.5 Å². The van der Waals surface area contributed by atoms with Crippen LogP contribution in [0.4, 0.5) is 0 Å². The third-order valence-electron chi connectivity index (χ3n) is 5.86. The van der Waals surface area contributed by atoms with Crippen molar-refractivity contribution in [3.8, 4) is 11.1 Å². The highest BCUT2D eigenvalue weighted by atomic mass is 16.4. The molecule has 1 heterocycles. The van der Waals surface area contributed by atoms with Crippen molar-refractivity contribution in [3.05, 3.63) is 71.7 Å². The van der Waals surface area contributed by atoms with Gasteiger partial charge in [-0.25, -0.2) is 0 Å². The van der Waals surface area contributed by atoms with Gasteiger partial charge in [0.2, 0.25) is 0 Å². The second-order valence-electron chi connectivity index (χ2n) is 8.20. The lowest BCUT2D eigenvalue weighted by atomic mass is 9.82. The maximum atomic E-state index is 10.7. The summed E-state index contributed by atoms with van der Waals surface area (Å²) in [6.45, 7) is 3.57. The number of hydrogen-bond acceptors (Lipinski definition) is 2. The van der Waals surface area contributed by atoms with Gasteiger partial charge in [-0.1, -0.05) is 36.4 Å². The molecule has 0 radical (unpaired) electrons. The summed E-state index contributed by atoms with van der Waals surface area (Å²) >= 11 is 0. The minimum atomic E-state index is -1.02. The Balaban J connectivity index is 1.95. The number of furan rings is 1. The Hall–Kier alpha value is -2.58. The fourth-order valence-electron chi connectivity index (χ4n) is 4.66. The molecule has 0 saturated carbocycles. The fourth-order valence-corrected chi connectivity index (χ4v) is 4.66. The number of rotatable bonds is 2. The van der Waals surface area contributed by atoms with Crippen LogP contribution in [0.1, 0.15) is 43.6 Å². The Kier molecular flexibility index (Phi) is 3.66. The average Bonchev–Trinajstić information content (AvgIpc) is 3.17. The Morgan fingerprint density at radius 1 is 0.889 bits per heavy atom. The highest BCUT2D eigenvalue weighted by molar-refractivity contribution is 6.15. The van der Waals surface area contributed by atoms with Gasteiger partial charge >= 0.3 is 0 Å². The van der Waals surface area contributed by atoms with Crippen molar-refractivity contribution in [2.24, 2.45) is 0 Å². The molecular weight excluding hydrogens is 332 g/mol. The fraction of sp³-hybridized carbons (Fsp3) is 0.280. The van der Waals surface area contributed by atoms with Crippen LogP contribution in [0.5, 0.6) is 0 Å². The molecule has 0 atom stereocenters. The quantitative estimate of drug-likeness (QED) is 0.424. The Labute approximate surface area is 159 Å². The summed E-state index contributed by atoms with van der Waals surface area (Å²) in [5.41, 5.74) is 4.09. The van der Waals surface area contributed by atoms with E-state index in [1.165, 1.54) is 51.1 Å². The molecule has 3 aromatic carbocycles. The normalized spacial score (nSPS) is 14.6. The predicted molar refractivity (Wildman–Crippen MR) is 111 cm³/mol. The number of benzene rings is 3. The zero-order chi connectivity index (χ0) is 18.6. The molecule has 2 heteroatoms. The van der Waals surface area contributed by atoms with E-state index in [-0.39, 0.29) is 0 Å². The van der Waals surface area contributed by atoms with Crippen LogP contribution in [0, 0.1) is 0 Å². The lowest BCUT2D eigenvalue weighted by Crippen LogP contribution is -2.15. The smallest absolute Gasteiger partial charge is 0.142 e. The third-order valence-corrected chi connectivity index (χ3v) is 5.86. The minimum Gasteiger partial charge on any atom is -0.466 e. The second kappa shape index (κ2) is 5.97. The van der Waals surface area contributed by atoms with Gasteiger partial charge < -0.3 is 9.52 Å².